The van der Waals surface area contributed by atoms with Crippen LogP contribution < -0.4 is 5.32 Å². The van der Waals surface area contributed by atoms with Crippen molar-refractivity contribution in [1.29, 1.82) is 0 Å². The minimum absolute atomic E-state index is 0.235. The highest BCUT2D eigenvalue weighted by atomic mass is 32.1. The van der Waals surface area contributed by atoms with Crippen LogP contribution >= 0.6 is 11.3 Å². The van der Waals surface area contributed by atoms with E-state index in [0.717, 1.165) is 24.5 Å². The number of fused-ring (bicyclic) bond motifs is 1. The van der Waals surface area contributed by atoms with Crippen LogP contribution in [0.2, 0.25) is 0 Å². The molecule has 1 aliphatic carbocycles. The lowest BCUT2D eigenvalue weighted by Gasteiger charge is -1.98. The minimum atomic E-state index is -0.235. The van der Waals surface area contributed by atoms with Crippen LogP contribution in [0.1, 0.15) is 28.4 Å². The zero-order valence-electron chi connectivity index (χ0n) is 8.18. The summed E-state index contributed by atoms with van der Waals surface area (Å²) in [7, 11) is 0. The van der Waals surface area contributed by atoms with E-state index in [1.807, 2.05) is 11.3 Å². The van der Waals surface area contributed by atoms with Crippen LogP contribution in [0.4, 0.5) is 4.39 Å². The fraction of sp³-hybridized carbons (Fsp3) is 0.700. The van der Waals surface area contributed by atoms with Crippen molar-refractivity contribution in [3.05, 3.63) is 15.6 Å². The van der Waals surface area contributed by atoms with Crippen molar-refractivity contribution in [2.75, 3.05) is 13.2 Å². The van der Waals surface area contributed by atoms with Crippen molar-refractivity contribution in [2.24, 2.45) is 0 Å². The molecule has 0 aromatic carbocycles. The number of halogens is 1. The normalized spacial score (nSPS) is 14.6. The van der Waals surface area contributed by atoms with Gasteiger partial charge in [-0.25, -0.2) is 4.98 Å². The van der Waals surface area contributed by atoms with Crippen LogP contribution in [0.5, 0.6) is 0 Å². The Morgan fingerprint density at radius 2 is 2.36 bits per heavy atom. The Bertz CT molecular complexity index is 277. The molecule has 0 saturated heterocycles. The third-order valence-corrected chi connectivity index (χ3v) is 3.56. The molecule has 78 valence electrons. The van der Waals surface area contributed by atoms with Crippen molar-refractivity contribution in [3.63, 3.8) is 0 Å². The molecule has 1 aromatic heterocycles. The van der Waals surface area contributed by atoms with Crippen LogP contribution in [-0.2, 0) is 19.4 Å². The molecule has 0 radical (unpaired) electrons. The molecule has 1 aliphatic rings. The minimum Gasteiger partial charge on any atom is -0.310 e. The summed E-state index contributed by atoms with van der Waals surface area (Å²) in [6.45, 7) is 1.32. The number of rotatable bonds is 5. The number of nitrogens with one attached hydrogen (secondary N) is 1. The monoisotopic (exact) mass is 214 g/mol. The molecule has 0 unspecified atom stereocenters. The molecule has 1 aromatic rings. The van der Waals surface area contributed by atoms with E-state index >= 15 is 0 Å². The molecule has 1 heterocycles. The van der Waals surface area contributed by atoms with Crippen LogP contribution in [-0.4, -0.2) is 18.2 Å². The van der Waals surface area contributed by atoms with E-state index in [1.54, 1.807) is 0 Å². The molecule has 0 bridgehead atoms. The summed E-state index contributed by atoms with van der Waals surface area (Å²) in [6.07, 6.45) is 4.22. The molecule has 2 rings (SSSR count). The third-order valence-electron chi connectivity index (χ3n) is 2.40. The predicted molar refractivity (Wildman–Crippen MR) is 56.4 cm³/mol. The molecular weight excluding hydrogens is 199 g/mol. The smallest absolute Gasteiger partial charge is 0.107 e. The van der Waals surface area contributed by atoms with E-state index in [4.69, 9.17) is 0 Å². The van der Waals surface area contributed by atoms with E-state index in [0.29, 0.717) is 6.42 Å². The summed E-state index contributed by atoms with van der Waals surface area (Å²) in [6, 6.07) is 0. The molecule has 14 heavy (non-hydrogen) atoms. The molecule has 0 aliphatic heterocycles. The zero-order valence-corrected chi connectivity index (χ0v) is 9.00. The van der Waals surface area contributed by atoms with Crippen molar-refractivity contribution < 1.29 is 4.39 Å². The summed E-state index contributed by atoms with van der Waals surface area (Å²) in [5.74, 6) is 0. The van der Waals surface area contributed by atoms with Gasteiger partial charge in [0.15, 0.2) is 0 Å². The van der Waals surface area contributed by atoms with E-state index in [1.165, 1.54) is 23.4 Å². The van der Waals surface area contributed by atoms with Gasteiger partial charge < -0.3 is 5.32 Å². The van der Waals surface area contributed by atoms with Crippen molar-refractivity contribution in [1.82, 2.24) is 10.3 Å². The lowest BCUT2D eigenvalue weighted by atomic mass is 10.4. The van der Waals surface area contributed by atoms with Gasteiger partial charge in [-0.2, -0.15) is 0 Å². The quantitative estimate of drug-likeness (QED) is 0.759. The average molecular weight is 214 g/mol. The van der Waals surface area contributed by atoms with Gasteiger partial charge in [-0.15, -0.1) is 11.3 Å². The lowest BCUT2D eigenvalue weighted by Crippen LogP contribution is -2.14. The Hall–Kier alpha value is -0.480. The third kappa shape index (κ3) is 2.30. The van der Waals surface area contributed by atoms with E-state index in [2.05, 4.69) is 10.3 Å². The number of nitrogens with zero attached hydrogens (tertiary/aromatic N) is 1. The first-order valence-corrected chi connectivity index (χ1v) is 5.96. The first-order valence-electron chi connectivity index (χ1n) is 5.14. The highest BCUT2D eigenvalue weighted by molar-refractivity contribution is 7.11. The van der Waals surface area contributed by atoms with Crippen LogP contribution in [0, 0.1) is 0 Å². The molecular formula is C10H15FN2S. The maximum absolute atomic E-state index is 11.8. The summed E-state index contributed by atoms with van der Waals surface area (Å²) < 4.78 is 11.8. The molecule has 1 N–H and O–H groups in total. The second-order valence-corrected chi connectivity index (χ2v) is 4.72. The summed E-state index contributed by atoms with van der Waals surface area (Å²) in [4.78, 5) is 6.02. The van der Waals surface area contributed by atoms with Gasteiger partial charge >= 0.3 is 0 Å². The van der Waals surface area contributed by atoms with Gasteiger partial charge in [0.25, 0.3) is 0 Å². The van der Waals surface area contributed by atoms with Crippen molar-refractivity contribution >= 4 is 11.3 Å². The maximum atomic E-state index is 11.8. The molecule has 2 nitrogen and oxygen atoms in total. The maximum Gasteiger partial charge on any atom is 0.107 e. The predicted octanol–water partition coefficient (Wildman–Crippen LogP) is 2.08. The van der Waals surface area contributed by atoms with E-state index in [9.17, 15) is 4.39 Å². The van der Waals surface area contributed by atoms with Gasteiger partial charge in [0.2, 0.25) is 0 Å². The summed E-state index contributed by atoms with van der Waals surface area (Å²) in [5.41, 5.74) is 1.30. The van der Waals surface area contributed by atoms with Crippen LogP contribution in [0.25, 0.3) is 0 Å². The first-order chi connectivity index (χ1) is 6.90. The van der Waals surface area contributed by atoms with Gasteiger partial charge in [-0.3, -0.25) is 4.39 Å². The highest BCUT2D eigenvalue weighted by Crippen LogP contribution is 2.27. The Morgan fingerprint density at radius 1 is 1.43 bits per heavy atom. The van der Waals surface area contributed by atoms with Crippen LogP contribution in [0.15, 0.2) is 0 Å². The SMILES string of the molecule is FCCCNCc1nc2c(s1)CCC2. The number of aromatic nitrogens is 1. The molecule has 0 spiro atoms. The standard InChI is InChI=1S/C10H15FN2S/c11-5-2-6-12-7-10-13-8-3-1-4-9(8)14-10/h12H,1-7H2. The number of hydrogen-bond donors (Lipinski definition) is 1. The summed E-state index contributed by atoms with van der Waals surface area (Å²) >= 11 is 1.81. The number of thiazole rings is 1. The molecule has 0 fully saturated rings. The zero-order chi connectivity index (χ0) is 9.80. The largest absolute Gasteiger partial charge is 0.310 e. The Labute approximate surface area is 87.6 Å². The number of alkyl halides is 1. The fourth-order valence-corrected chi connectivity index (χ4v) is 2.83. The average Bonchev–Trinajstić information content (AvgIpc) is 2.72. The molecule has 0 amide bonds. The number of hydrogen-bond acceptors (Lipinski definition) is 3. The second-order valence-electron chi connectivity index (χ2n) is 3.55. The topological polar surface area (TPSA) is 24.9 Å². The Morgan fingerprint density at radius 3 is 3.14 bits per heavy atom. The molecule has 4 heteroatoms. The van der Waals surface area contributed by atoms with Crippen molar-refractivity contribution in [2.45, 2.75) is 32.2 Å². The second kappa shape index (κ2) is 4.84. The van der Waals surface area contributed by atoms with E-state index < -0.39 is 0 Å². The number of aryl methyl sites for hydroxylation is 2. The Balaban J connectivity index is 1.79. The van der Waals surface area contributed by atoms with Gasteiger partial charge in [0.1, 0.15) is 5.01 Å². The van der Waals surface area contributed by atoms with E-state index in [-0.39, 0.29) is 6.67 Å². The van der Waals surface area contributed by atoms with Crippen LogP contribution in [0.3, 0.4) is 0 Å². The van der Waals surface area contributed by atoms with Gasteiger partial charge in [-0.05, 0) is 32.2 Å². The lowest BCUT2D eigenvalue weighted by molar-refractivity contribution is 0.459. The fourth-order valence-electron chi connectivity index (χ4n) is 1.71. The van der Waals surface area contributed by atoms with Gasteiger partial charge in [-0.1, -0.05) is 0 Å². The first kappa shape index (κ1) is 10.1. The highest BCUT2D eigenvalue weighted by Gasteiger charge is 2.15. The van der Waals surface area contributed by atoms with Gasteiger partial charge in [0, 0.05) is 11.4 Å². The van der Waals surface area contributed by atoms with Gasteiger partial charge in [0.05, 0.1) is 12.4 Å². The molecule has 0 atom stereocenters. The molecule has 0 saturated carbocycles. The Kier molecular flexibility index (Phi) is 3.48. The summed E-state index contributed by atoms with van der Waals surface area (Å²) in [5, 5.41) is 4.36. The van der Waals surface area contributed by atoms with Crippen molar-refractivity contribution in [3.8, 4) is 0 Å².